The van der Waals surface area contributed by atoms with Crippen molar-refractivity contribution in [3.8, 4) is 5.75 Å². The summed E-state index contributed by atoms with van der Waals surface area (Å²) < 4.78 is 42.1. The molecule has 27 heavy (non-hydrogen) atoms. The van der Waals surface area contributed by atoms with Crippen LogP contribution in [0.3, 0.4) is 0 Å². The molecule has 0 spiro atoms. The number of para-hydroxylation sites is 1. The molecule has 0 atom stereocenters. The van der Waals surface area contributed by atoms with Gasteiger partial charge in [-0.05, 0) is 19.9 Å². The second-order valence-corrected chi connectivity index (χ2v) is 7.07. The van der Waals surface area contributed by atoms with Gasteiger partial charge in [-0.1, -0.05) is 18.2 Å². The van der Waals surface area contributed by atoms with Crippen molar-refractivity contribution in [1.82, 2.24) is 15.6 Å². The van der Waals surface area contributed by atoms with Crippen molar-refractivity contribution in [2.45, 2.75) is 33.0 Å². The highest BCUT2D eigenvalue weighted by atomic mass is 32.1. The molecular weight excluding hydrogens is 377 g/mol. The lowest BCUT2D eigenvalue weighted by atomic mass is 10.2. The number of ether oxygens (including phenoxy) is 1. The summed E-state index contributed by atoms with van der Waals surface area (Å²) in [5, 5.41) is 7.37. The zero-order valence-corrected chi connectivity index (χ0v) is 16.1. The zero-order chi connectivity index (χ0) is 19.7. The summed E-state index contributed by atoms with van der Waals surface area (Å²) in [7, 11) is 0. The number of alkyl halides is 3. The van der Waals surface area contributed by atoms with E-state index in [2.05, 4.69) is 20.6 Å². The minimum Gasteiger partial charge on any atom is -0.484 e. The molecule has 0 amide bonds. The van der Waals surface area contributed by atoms with Crippen LogP contribution in [0, 0.1) is 6.92 Å². The van der Waals surface area contributed by atoms with Gasteiger partial charge in [0.15, 0.2) is 12.6 Å². The van der Waals surface area contributed by atoms with Crippen molar-refractivity contribution < 1.29 is 17.9 Å². The van der Waals surface area contributed by atoms with Crippen molar-refractivity contribution in [2.75, 3.05) is 19.7 Å². The summed E-state index contributed by atoms with van der Waals surface area (Å²) in [6.45, 7) is 4.18. The average molecular weight is 400 g/mol. The third-order valence-electron chi connectivity index (χ3n) is 3.42. The first-order chi connectivity index (χ1) is 12.9. The van der Waals surface area contributed by atoms with Gasteiger partial charge < -0.3 is 15.4 Å². The van der Waals surface area contributed by atoms with E-state index in [0.717, 1.165) is 11.4 Å². The molecule has 2 N–H and O–H groups in total. The molecule has 148 valence electrons. The van der Waals surface area contributed by atoms with Crippen LogP contribution in [-0.4, -0.2) is 36.8 Å². The van der Waals surface area contributed by atoms with E-state index < -0.39 is 12.8 Å². The Morgan fingerprint density at radius 1 is 1.26 bits per heavy atom. The van der Waals surface area contributed by atoms with E-state index >= 15 is 0 Å². The molecule has 0 unspecified atom stereocenters. The van der Waals surface area contributed by atoms with E-state index in [1.807, 2.05) is 20.0 Å². The molecule has 0 saturated heterocycles. The van der Waals surface area contributed by atoms with Crippen LogP contribution in [0.4, 0.5) is 13.2 Å². The number of aromatic nitrogens is 1. The maximum absolute atomic E-state index is 12.4. The standard InChI is InChI=1S/C18H23F3N4OS/c1-3-22-17(23-9-8-16-24-10-13(2)27-16)25-11-14-6-4-5-7-15(14)26-12-18(19,20)21/h4-7,10H,3,8-9,11-12H2,1-2H3,(H2,22,23,25). The van der Waals surface area contributed by atoms with E-state index in [1.165, 1.54) is 10.9 Å². The van der Waals surface area contributed by atoms with E-state index in [9.17, 15) is 13.2 Å². The van der Waals surface area contributed by atoms with Crippen molar-refractivity contribution in [2.24, 2.45) is 4.99 Å². The Balaban J connectivity index is 1.95. The predicted octanol–water partition coefficient (Wildman–Crippen LogP) is 3.69. The number of guanidine groups is 1. The summed E-state index contributed by atoms with van der Waals surface area (Å²) in [6, 6.07) is 6.60. The minimum absolute atomic E-state index is 0.188. The molecule has 9 heteroatoms. The molecule has 0 saturated carbocycles. The Morgan fingerprint density at radius 3 is 2.70 bits per heavy atom. The van der Waals surface area contributed by atoms with Crippen molar-refractivity contribution in [3.63, 3.8) is 0 Å². The zero-order valence-electron chi connectivity index (χ0n) is 15.3. The van der Waals surface area contributed by atoms with E-state index in [-0.39, 0.29) is 12.3 Å². The Labute approximate surface area is 160 Å². The monoisotopic (exact) mass is 400 g/mol. The number of aliphatic imine (C=N–C) groups is 1. The molecule has 5 nitrogen and oxygen atoms in total. The molecular formula is C18H23F3N4OS. The second-order valence-electron chi connectivity index (χ2n) is 5.75. The second kappa shape index (κ2) is 10.1. The van der Waals surface area contributed by atoms with Crippen LogP contribution in [0.2, 0.25) is 0 Å². The number of hydrogen-bond donors (Lipinski definition) is 2. The van der Waals surface area contributed by atoms with Gasteiger partial charge in [0.1, 0.15) is 5.75 Å². The van der Waals surface area contributed by atoms with Crippen LogP contribution >= 0.6 is 11.3 Å². The molecule has 0 aliphatic rings. The summed E-state index contributed by atoms with van der Waals surface area (Å²) in [6.07, 6.45) is -1.76. The van der Waals surface area contributed by atoms with Crippen LogP contribution in [-0.2, 0) is 13.0 Å². The molecule has 2 rings (SSSR count). The third-order valence-corrected chi connectivity index (χ3v) is 4.39. The molecule has 0 aliphatic heterocycles. The Morgan fingerprint density at radius 2 is 2.04 bits per heavy atom. The molecule has 2 aromatic rings. The Kier molecular flexibility index (Phi) is 7.90. The summed E-state index contributed by atoms with van der Waals surface area (Å²) in [5.74, 6) is 0.782. The van der Waals surface area contributed by atoms with Gasteiger partial charge in [0.05, 0.1) is 11.6 Å². The lowest BCUT2D eigenvalue weighted by molar-refractivity contribution is -0.153. The number of benzene rings is 1. The molecule has 1 aromatic carbocycles. The van der Waals surface area contributed by atoms with Crippen LogP contribution in [0.5, 0.6) is 5.75 Å². The van der Waals surface area contributed by atoms with Crippen LogP contribution in [0.15, 0.2) is 35.5 Å². The Hall–Kier alpha value is -2.29. The highest BCUT2D eigenvalue weighted by Gasteiger charge is 2.28. The summed E-state index contributed by atoms with van der Waals surface area (Å²) in [4.78, 5) is 9.92. The maximum Gasteiger partial charge on any atom is 0.422 e. The minimum atomic E-state index is -4.37. The molecule has 1 aromatic heterocycles. The SMILES string of the molecule is CCNC(=NCc1ccccc1OCC(F)(F)F)NCCc1ncc(C)s1. The fourth-order valence-corrected chi connectivity index (χ4v) is 3.03. The normalized spacial score (nSPS) is 12.1. The molecule has 0 bridgehead atoms. The van der Waals surface area contributed by atoms with Gasteiger partial charge in [0, 0.05) is 36.1 Å². The summed E-state index contributed by atoms with van der Waals surface area (Å²) in [5.41, 5.74) is 0.592. The predicted molar refractivity (Wildman–Crippen MR) is 101 cm³/mol. The lowest BCUT2D eigenvalue weighted by Crippen LogP contribution is -2.38. The average Bonchev–Trinajstić information content (AvgIpc) is 3.03. The number of halogens is 3. The first-order valence-electron chi connectivity index (χ1n) is 8.58. The fraction of sp³-hybridized carbons (Fsp3) is 0.444. The van der Waals surface area contributed by atoms with Crippen molar-refractivity contribution in [3.05, 3.63) is 45.9 Å². The number of nitrogens with zero attached hydrogens (tertiary/aromatic N) is 2. The first-order valence-corrected chi connectivity index (χ1v) is 9.40. The number of aryl methyl sites for hydroxylation is 1. The third kappa shape index (κ3) is 7.86. The van der Waals surface area contributed by atoms with Crippen molar-refractivity contribution in [1.29, 1.82) is 0 Å². The van der Waals surface area contributed by atoms with Gasteiger partial charge in [-0.2, -0.15) is 13.2 Å². The van der Waals surface area contributed by atoms with Crippen molar-refractivity contribution >= 4 is 17.3 Å². The van der Waals surface area contributed by atoms with Crippen LogP contribution < -0.4 is 15.4 Å². The first kappa shape index (κ1) is 21.0. The number of thiazole rings is 1. The Bertz CT molecular complexity index is 746. The number of nitrogens with one attached hydrogen (secondary N) is 2. The van der Waals surface area contributed by atoms with Gasteiger partial charge in [-0.25, -0.2) is 9.98 Å². The lowest BCUT2D eigenvalue weighted by Gasteiger charge is -2.13. The van der Waals surface area contributed by atoms with Gasteiger partial charge in [-0.3, -0.25) is 0 Å². The smallest absolute Gasteiger partial charge is 0.422 e. The van der Waals surface area contributed by atoms with E-state index in [1.54, 1.807) is 29.5 Å². The van der Waals surface area contributed by atoms with E-state index in [0.29, 0.717) is 24.6 Å². The maximum atomic E-state index is 12.4. The highest BCUT2D eigenvalue weighted by molar-refractivity contribution is 7.11. The molecule has 1 heterocycles. The molecule has 0 radical (unpaired) electrons. The van der Waals surface area contributed by atoms with Gasteiger partial charge in [0.25, 0.3) is 0 Å². The van der Waals surface area contributed by atoms with E-state index in [4.69, 9.17) is 4.74 Å². The fourth-order valence-electron chi connectivity index (χ4n) is 2.25. The van der Waals surface area contributed by atoms with Crippen LogP contribution in [0.25, 0.3) is 0 Å². The molecule has 0 aliphatic carbocycles. The quantitative estimate of drug-likeness (QED) is 0.524. The number of rotatable bonds is 8. The van der Waals surface area contributed by atoms with Gasteiger partial charge >= 0.3 is 6.18 Å². The largest absolute Gasteiger partial charge is 0.484 e. The summed E-state index contributed by atoms with van der Waals surface area (Å²) >= 11 is 1.65. The van der Waals surface area contributed by atoms with Gasteiger partial charge in [0.2, 0.25) is 0 Å². The van der Waals surface area contributed by atoms with Crippen LogP contribution in [0.1, 0.15) is 22.4 Å². The topological polar surface area (TPSA) is 58.5 Å². The highest BCUT2D eigenvalue weighted by Crippen LogP contribution is 2.22. The molecule has 0 fully saturated rings. The number of hydrogen-bond acceptors (Lipinski definition) is 4. The van der Waals surface area contributed by atoms with Gasteiger partial charge in [-0.15, -0.1) is 11.3 Å².